The Morgan fingerprint density at radius 3 is 2.03 bits per heavy atom. The van der Waals surface area contributed by atoms with E-state index in [1.54, 1.807) is 0 Å². The number of nitrogens with one attached hydrogen (secondary N) is 1. The van der Waals surface area contributed by atoms with Gasteiger partial charge in [0, 0.05) is 50.9 Å². The fourth-order valence-electron chi connectivity index (χ4n) is 4.77. The average Bonchev–Trinajstić information content (AvgIpc) is 3.25. The smallest absolute Gasteiger partial charge is 0.311 e. The van der Waals surface area contributed by atoms with E-state index in [0.29, 0.717) is 6.54 Å². The number of carbonyl (C=O) groups is 1. The van der Waals surface area contributed by atoms with Crippen LogP contribution in [0, 0.1) is 49.8 Å². The minimum atomic E-state index is -0.415. The Kier molecular flexibility index (Phi) is 23.9. The fraction of sp³-hybridized carbons (Fsp3) is 0.933. The second-order valence-electron chi connectivity index (χ2n) is 11.4. The molecule has 219 valence electrons. The number of carbonyl (C=O) groups excluding carboxylic acids is 1. The molecule has 1 saturated heterocycles. The van der Waals surface area contributed by atoms with Crippen LogP contribution in [0.4, 0.5) is 0 Å². The third kappa shape index (κ3) is 18.8. The van der Waals surface area contributed by atoms with Crippen LogP contribution in [0.2, 0.25) is 0 Å². The van der Waals surface area contributed by atoms with Crippen molar-refractivity contribution in [1.82, 2.24) is 5.32 Å². The van der Waals surface area contributed by atoms with Crippen molar-refractivity contribution < 1.29 is 57.1 Å². The summed E-state index contributed by atoms with van der Waals surface area (Å²) in [5.74, 6) is -0.00574. The van der Waals surface area contributed by atoms with E-state index in [0.717, 1.165) is 58.0 Å². The summed E-state index contributed by atoms with van der Waals surface area (Å²) >= 11 is 0. The SMILES string of the molecule is CCCCCCCC(CCCCCCC)OC(=O)C(C)(C)CCCCCCO[CH-][C@@H]1C[C@H](O)CN1.[Ho]. The van der Waals surface area contributed by atoms with Crippen molar-refractivity contribution in [2.24, 2.45) is 5.41 Å². The third-order valence-corrected chi connectivity index (χ3v) is 7.30. The van der Waals surface area contributed by atoms with Crippen LogP contribution in [-0.2, 0) is 14.3 Å². The standard InChI is InChI=1S/C30H58NO4.Ho/c1-5-7-9-11-15-19-28(20-16-12-10-8-6-2)35-29(33)30(3,4)21-17-13-14-18-22-34-25-26-23-27(32)24-31-26;/h25-28,31-32H,5-24H2,1-4H3;/q-1;/t26-,27-;/m0./s1. The summed E-state index contributed by atoms with van der Waals surface area (Å²) < 4.78 is 11.7. The molecule has 1 aliphatic heterocycles. The molecule has 1 radical (unpaired) electrons. The van der Waals surface area contributed by atoms with Gasteiger partial charge in [-0.2, -0.15) is 6.61 Å². The number of unbranched alkanes of at least 4 members (excludes halogenated alkanes) is 11. The molecular weight excluding hydrogens is 603 g/mol. The van der Waals surface area contributed by atoms with Gasteiger partial charge in [-0.15, -0.1) is 0 Å². The van der Waals surface area contributed by atoms with E-state index in [1.807, 2.05) is 6.61 Å². The molecule has 0 bridgehead atoms. The van der Waals surface area contributed by atoms with Crippen LogP contribution in [0.3, 0.4) is 0 Å². The molecule has 1 heterocycles. The van der Waals surface area contributed by atoms with Gasteiger partial charge in [-0.3, -0.25) is 4.79 Å². The van der Waals surface area contributed by atoms with Crippen molar-refractivity contribution in [1.29, 1.82) is 0 Å². The Bertz CT molecular complexity index is 503. The number of aliphatic hydroxyl groups excluding tert-OH is 1. The zero-order valence-corrected chi connectivity index (χ0v) is 25.9. The molecule has 1 aliphatic rings. The predicted octanol–water partition coefficient (Wildman–Crippen LogP) is 7.50. The monoisotopic (exact) mass is 661 g/mol. The van der Waals surface area contributed by atoms with Crippen LogP contribution in [0.25, 0.3) is 0 Å². The topological polar surface area (TPSA) is 67.8 Å². The molecular formula is C30H58HoNO4-. The Hall–Kier alpha value is 0.610. The number of hydrogen-bond donors (Lipinski definition) is 2. The van der Waals surface area contributed by atoms with Gasteiger partial charge in [0.1, 0.15) is 6.10 Å². The normalized spacial score (nSPS) is 17.9. The second kappa shape index (κ2) is 23.5. The molecule has 1 fully saturated rings. The van der Waals surface area contributed by atoms with E-state index in [4.69, 9.17) is 9.47 Å². The Morgan fingerprint density at radius 1 is 0.917 bits per heavy atom. The molecule has 6 heteroatoms. The fourth-order valence-corrected chi connectivity index (χ4v) is 4.77. The summed E-state index contributed by atoms with van der Waals surface area (Å²) in [5.41, 5.74) is -0.415. The molecule has 0 aliphatic carbocycles. The Morgan fingerprint density at radius 2 is 1.47 bits per heavy atom. The van der Waals surface area contributed by atoms with Gasteiger partial charge in [0.15, 0.2) is 0 Å². The Balaban J connectivity index is 0.0000122. The summed E-state index contributed by atoms with van der Waals surface area (Å²) in [6, 6.07) is 0.174. The van der Waals surface area contributed by atoms with E-state index in [-0.39, 0.29) is 62.0 Å². The molecule has 2 N–H and O–H groups in total. The Labute approximate surface area is 253 Å². The van der Waals surface area contributed by atoms with E-state index in [2.05, 4.69) is 33.0 Å². The maximum Gasteiger partial charge on any atom is 0.311 e. The van der Waals surface area contributed by atoms with Crippen LogP contribution in [0.1, 0.15) is 143 Å². The molecule has 0 unspecified atom stereocenters. The number of esters is 1. The minimum absolute atomic E-state index is 0. The van der Waals surface area contributed by atoms with E-state index >= 15 is 0 Å². The molecule has 36 heavy (non-hydrogen) atoms. The zero-order chi connectivity index (χ0) is 25.8. The van der Waals surface area contributed by atoms with Crippen molar-refractivity contribution in [3.63, 3.8) is 0 Å². The molecule has 0 aromatic heterocycles. The summed E-state index contributed by atoms with van der Waals surface area (Å²) in [5, 5.41) is 12.7. The van der Waals surface area contributed by atoms with Gasteiger partial charge in [-0.05, 0) is 58.8 Å². The maximum atomic E-state index is 13.0. The summed E-state index contributed by atoms with van der Waals surface area (Å²) in [7, 11) is 0. The molecule has 1 rings (SSSR count). The van der Waals surface area contributed by atoms with Crippen LogP contribution < -0.4 is 5.32 Å². The maximum absolute atomic E-state index is 13.0. The van der Waals surface area contributed by atoms with Crippen molar-refractivity contribution in [3.05, 3.63) is 6.61 Å². The van der Waals surface area contributed by atoms with Gasteiger partial charge in [0.25, 0.3) is 0 Å². The first kappa shape index (κ1) is 36.6. The van der Waals surface area contributed by atoms with Crippen LogP contribution in [0.15, 0.2) is 0 Å². The van der Waals surface area contributed by atoms with Gasteiger partial charge in [0.05, 0.1) is 11.5 Å². The largest absolute Gasteiger partial charge is 0.551 e. The van der Waals surface area contributed by atoms with Crippen molar-refractivity contribution in [2.45, 2.75) is 162 Å². The molecule has 0 aromatic carbocycles. The first-order valence-electron chi connectivity index (χ1n) is 15.0. The second-order valence-corrected chi connectivity index (χ2v) is 11.4. The van der Waals surface area contributed by atoms with Gasteiger partial charge < -0.3 is 19.9 Å². The van der Waals surface area contributed by atoms with E-state index < -0.39 is 5.41 Å². The number of aliphatic hydroxyl groups is 1. The van der Waals surface area contributed by atoms with Crippen molar-refractivity contribution in [3.8, 4) is 0 Å². The summed E-state index contributed by atoms with van der Waals surface area (Å²) in [4.78, 5) is 13.0. The van der Waals surface area contributed by atoms with E-state index in [1.165, 1.54) is 64.2 Å². The number of hydrogen-bond acceptors (Lipinski definition) is 5. The average molecular weight is 662 g/mol. The summed E-state index contributed by atoms with van der Waals surface area (Å²) in [6.07, 6.45) is 20.4. The van der Waals surface area contributed by atoms with Crippen molar-refractivity contribution >= 4 is 5.97 Å². The first-order valence-corrected chi connectivity index (χ1v) is 15.0. The van der Waals surface area contributed by atoms with Crippen LogP contribution in [-0.4, -0.2) is 42.5 Å². The van der Waals surface area contributed by atoms with Gasteiger partial charge >= 0.3 is 5.97 Å². The van der Waals surface area contributed by atoms with E-state index in [9.17, 15) is 9.90 Å². The molecule has 2 atom stereocenters. The van der Waals surface area contributed by atoms with Gasteiger partial charge in [0.2, 0.25) is 0 Å². The minimum Gasteiger partial charge on any atom is -0.551 e. The van der Waals surface area contributed by atoms with Gasteiger partial charge in [-0.1, -0.05) is 90.5 Å². The molecule has 0 saturated carbocycles. The molecule has 0 spiro atoms. The quantitative estimate of drug-likeness (QED) is 0.0514. The van der Waals surface area contributed by atoms with Crippen molar-refractivity contribution in [2.75, 3.05) is 13.2 Å². The predicted molar refractivity (Wildman–Crippen MR) is 146 cm³/mol. The molecule has 5 nitrogen and oxygen atoms in total. The first-order chi connectivity index (χ1) is 16.9. The number of rotatable bonds is 23. The van der Waals surface area contributed by atoms with Crippen LogP contribution >= 0.6 is 0 Å². The number of ether oxygens (including phenoxy) is 2. The molecule has 0 amide bonds. The summed E-state index contributed by atoms with van der Waals surface area (Å²) in [6.45, 7) is 11.8. The third-order valence-electron chi connectivity index (χ3n) is 7.30. The van der Waals surface area contributed by atoms with Crippen LogP contribution in [0.5, 0.6) is 0 Å². The number of β-amino-alcohol motifs (C(OH)–C–C–N with tert-alkyl or cyclic N) is 1. The molecule has 0 aromatic rings. The zero-order valence-electron chi connectivity index (χ0n) is 23.9. The van der Waals surface area contributed by atoms with Gasteiger partial charge in [-0.25, -0.2) is 0 Å².